The number of benzene rings is 2. The minimum absolute atomic E-state index is 0.0775. The van der Waals surface area contributed by atoms with Gasteiger partial charge in [-0.2, -0.15) is 26.3 Å². The van der Waals surface area contributed by atoms with Crippen molar-refractivity contribution in [1.29, 1.82) is 0 Å². The first kappa shape index (κ1) is 31.7. The Balaban J connectivity index is 1.48. The normalized spacial score (nSPS) is 21.2. The van der Waals surface area contributed by atoms with Crippen LogP contribution in [0.1, 0.15) is 73.8 Å². The number of carbonyl (C=O) groups excluding carboxylic acids is 2. The van der Waals surface area contributed by atoms with Crippen LogP contribution >= 0.6 is 0 Å². The summed E-state index contributed by atoms with van der Waals surface area (Å²) in [6.07, 6.45) is -9.47. The molecule has 3 amide bonds. The Bertz CT molecular complexity index is 1200. The molecule has 2 aliphatic heterocycles. The molecule has 6 nitrogen and oxygen atoms in total. The van der Waals surface area contributed by atoms with Crippen LogP contribution in [0.5, 0.6) is 0 Å². The van der Waals surface area contributed by atoms with Crippen molar-refractivity contribution in [2.75, 3.05) is 26.2 Å². The zero-order valence-corrected chi connectivity index (χ0v) is 23.5. The zero-order chi connectivity index (χ0) is 30.7. The number of likely N-dealkylation sites (tertiary alicyclic amines) is 2. The molecule has 2 heterocycles. The molecular weight excluding hydrogens is 564 g/mol. The second-order valence-electron chi connectivity index (χ2n) is 10.9. The number of rotatable bonds is 6. The topological polar surface area (TPSA) is 61.9 Å². The van der Waals surface area contributed by atoms with E-state index in [1.54, 1.807) is 9.80 Å². The van der Waals surface area contributed by atoms with Gasteiger partial charge in [-0.05, 0) is 55.5 Å². The Kier molecular flexibility index (Phi) is 9.74. The summed E-state index contributed by atoms with van der Waals surface area (Å²) in [5.74, 6) is -0.272. The van der Waals surface area contributed by atoms with Gasteiger partial charge in [0, 0.05) is 44.6 Å². The van der Waals surface area contributed by atoms with E-state index in [9.17, 15) is 35.9 Å². The highest BCUT2D eigenvalue weighted by molar-refractivity contribution is 5.76. The molecule has 42 heavy (non-hydrogen) atoms. The highest BCUT2D eigenvalue weighted by atomic mass is 19.4. The van der Waals surface area contributed by atoms with Crippen molar-refractivity contribution in [3.05, 3.63) is 70.8 Å². The predicted octanol–water partition coefficient (Wildman–Crippen LogP) is 6.77. The number of nitrogens with one attached hydrogen (secondary N) is 1. The van der Waals surface area contributed by atoms with Gasteiger partial charge in [-0.15, -0.1) is 0 Å². The van der Waals surface area contributed by atoms with Gasteiger partial charge in [0.25, 0.3) is 0 Å². The van der Waals surface area contributed by atoms with Gasteiger partial charge in [-0.25, -0.2) is 4.79 Å². The van der Waals surface area contributed by atoms with Crippen molar-refractivity contribution in [2.24, 2.45) is 0 Å². The lowest BCUT2D eigenvalue weighted by Crippen LogP contribution is -2.53. The van der Waals surface area contributed by atoms with E-state index in [0.29, 0.717) is 57.5 Å². The Hall–Kier alpha value is -3.28. The van der Waals surface area contributed by atoms with E-state index in [1.807, 2.05) is 37.3 Å². The molecule has 0 bridgehead atoms. The van der Waals surface area contributed by atoms with Gasteiger partial charge in [0.05, 0.1) is 23.3 Å². The van der Waals surface area contributed by atoms with E-state index < -0.39 is 35.7 Å². The summed E-state index contributed by atoms with van der Waals surface area (Å²) in [6.45, 7) is 4.96. The molecule has 0 aromatic heterocycles. The lowest BCUT2D eigenvalue weighted by molar-refractivity contribution is -0.143. The van der Waals surface area contributed by atoms with Gasteiger partial charge in [0.15, 0.2) is 0 Å². The number of alkyl halides is 6. The van der Waals surface area contributed by atoms with Crippen molar-refractivity contribution < 1.29 is 40.7 Å². The number of piperidine rings is 2. The molecule has 4 rings (SSSR count). The minimum Gasteiger partial charge on any atom is -0.370 e. The number of hydrogen-bond donors (Lipinski definition) is 1. The summed E-state index contributed by atoms with van der Waals surface area (Å²) >= 11 is 0. The number of carbonyl (C=O) groups is 2. The second-order valence-corrected chi connectivity index (χ2v) is 10.9. The lowest BCUT2D eigenvalue weighted by Gasteiger charge is -2.41. The Morgan fingerprint density at radius 1 is 0.905 bits per heavy atom. The van der Waals surface area contributed by atoms with Crippen LogP contribution in [-0.2, 0) is 21.9 Å². The zero-order valence-electron chi connectivity index (χ0n) is 23.5. The van der Waals surface area contributed by atoms with Crippen LogP contribution < -0.4 is 5.32 Å². The fourth-order valence-corrected chi connectivity index (χ4v) is 5.62. The van der Waals surface area contributed by atoms with Gasteiger partial charge in [0.1, 0.15) is 0 Å². The Labute approximate surface area is 241 Å². The van der Waals surface area contributed by atoms with E-state index in [1.165, 1.54) is 6.92 Å². The van der Waals surface area contributed by atoms with E-state index in [-0.39, 0.29) is 42.1 Å². The SMILES string of the molecule is CCC(=O)N1CCC(NC(=O)N2CC[C@H](O[C@H](C)c3cc(C(F)(F)F)cc(C(F)(F)F)c3)[C@H](c3ccccc3)C2)CC1. The fourth-order valence-electron chi connectivity index (χ4n) is 5.62. The molecule has 2 saturated heterocycles. The maximum absolute atomic E-state index is 13.4. The third-order valence-electron chi connectivity index (χ3n) is 8.00. The number of halogens is 6. The molecule has 0 radical (unpaired) electrons. The van der Waals surface area contributed by atoms with E-state index >= 15 is 0 Å². The Morgan fingerprint density at radius 3 is 2.02 bits per heavy atom. The molecule has 0 aliphatic carbocycles. The van der Waals surface area contributed by atoms with Crippen molar-refractivity contribution in [1.82, 2.24) is 15.1 Å². The average Bonchev–Trinajstić information content (AvgIpc) is 2.96. The number of amides is 3. The summed E-state index contributed by atoms with van der Waals surface area (Å²) in [4.78, 5) is 28.6. The maximum Gasteiger partial charge on any atom is 0.416 e. The third kappa shape index (κ3) is 7.76. The predicted molar refractivity (Wildman–Crippen MR) is 144 cm³/mol. The molecule has 3 atom stereocenters. The largest absolute Gasteiger partial charge is 0.416 e. The van der Waals surface area contributed by atoms with Gasteiger partial charge < -0.3 is 19.9 Å². The van der Waals surface area contributed by atoms with Gasteiger partial charge >= 0.3 is 18.4 Å². The minimum atomic E-state index is -4.96. The first-order valence-corrected chi connectivity index (χ1v) is 14.1. The van der Waals surface area contributed by atoms with E-state index in [0.717, 1.165) is 5.56 Å². The Morgan fingerprint density at radius 2 is 1.48 bits per heavy atom. The number of hydrogen-bond acceptors (Lipinski definition) is 3. The smallest absolute Gasteiger partial charge is 0.370 e. The van der Waals surface area contributed by atoms with Crippen molar-refractivity contribution >= 4 is 11.9 Å². The molecule has 2 aliphatic rings. The van der Waals surface area contributed by atoms with Crippen LogP contribution in [0, 0.1) is 0 Å². The van der Waals surface area contributed by atoms with Crippen LogP contribution in [0.15, 0.2) is 48.5 Å². The molecule has 2 aromatic rings. The first-order valence-electron chi connectivity index (χ1n) is 14.1. The number of ether oxygens (including phenoxy) is 1. The van der Waals surface area contributed by atoms with Crippen LogP contribution in [0.2, 0.25) is 0 Å². The van der Waals surface area contributed by atoms with Gasteiger partial charge in [-0.3, -0.25) is 4.79 Å². The van der Waals surface area contributed by atoms with Gasteiger partial charge in [0.2, 0.25) is 5.91 Å². The van der Waals surface area contributed by atoms with Crippen molar-refractivity contribution in [3.8, 4) is 0 Å². The summed E-state index contributed by atoms with van der Waals surface area (Å²) < 4.78 is 86.8. The lowest BCUT2D eigenvalue weighted by atomic mass is 9.87. The fraction of sp³-hybridized carbons (Fsp3) is 0.533. The van der Waals surface area contributed by atoms with Crippen LogP contribution in [0.3, 0.4) is 0 Å². The molecule has 12 heteroatoms. The number of nitrogens with zero attached hydrogens (tertiary/aromatic N) is 2. The monoisotopic (exact) mass is 599 g/mol. The summed E-state index contributed by atoms with van der Waals surface area (Å²) in [6, 6.07) is 10.3. The van der Waals surface area contributed by atoms with Crippen LogP contribution in [0.25, 0.3) is 0 Å². The second kappa shape index (κ2) is 12.9. The van der Waals surface area contributed by atoms with Gasteiger partial charge in [-0.1, -0.05) is 37.3 Å². The molecule has 0 unspecified atom stereocenters. The molecular formula is C30H35F6N3O3. The first-order chi connectivity index (χ1) is 19.8. The highest BCUT2D eigenvalue weighted by Crippen LogP contribution is 2.39. The van der Waals surface area contributed by atoms with Crippen LogP contribution in [0.4, 0.5) is 31.1 Å². The van der Waals surface area contributed by atoms with Crippen LogP contribution in [-0.4, -0.2) is 60.1 Å². The molecule has 2 aromatic carbocycles. The molecule has 0 spiro atoms. The van der Waals surface area contributed by atoms with E-state index in [2.05, 4.69) is 5.32 Å². The molecule has 230 valence electrons. The van der Waals surface area contributed by atoms with Crippen molar-refractivity contribution in [3.63, 3.8) is 0 Å². The quantitative estimate of drug-likeness (QED) is 0.373. The number of urea groups is 1. The summed E-state index contributed by atoms with van der Waals surface area (Å²) in [5, 5.41) is 3.06. The molecule has 1 N–H and O–H groups in total. The summed E-state index contributed by atoms with van der Waals surface area (Å²) in [5.41, 5.74) is -2.16. The standard InChI is InChI=1S/C30H35F6N3O3/c1-3-27(40)38-12-9-24(10-13-38)37-28(41)39-14-11-26(25(18-39)20-7-5-4-6-8-20)42-19(2)21-15-22(29(31,32)33)17-23(16-21)30(34,35)36/h4-8,15-17,19,24-26H,3,9-14,18H2,1-2H3,(H,37,41)/t19-,25+,26+/m1/s1. The molecule has 2 fully saturated rings. The summed E-state index contributed by atoms with van der Waals surface area (Å²) in [7, 11) is 0. The van der Waals surface area contributed by atoms with E-state index in [4.69, 9.17) is 4.74 Å². The third-order valence-corrected chi connectivity index (χ3v) is 8.00. The van der Waals surface area contributed by atoms with Crippen molar-refractivity contribution in [2.45, 2.75) is 76.1 Å². The maximum atomic E-state index is 13.4. The highest BCUT2D eigenvalue weighted by Gasteiger charge is 2.39. The molecule has 0 saturated carbocycles. The average molecular weight is 600 g/mol.